The van der Waals surface area contributed by atoms with E-state index in [9.17, 15) is 9.50 Å². The van der Waals surface area contributed by atoms with Crippen LogP contribution in [0.3, 0.4) is 0 Å². The molecule has 0 amide bonds. The number of hydrogen-bond donors (Lipinski definition) is 1. The number of rotatable bonds is 4. The SMILES string of the molecule is COc1ccc2nc(CN3CCC(O)(c4ccc(F)cc4)CC3)ccc2c1. The van der Waals surface area contributed by atoms with Crippen molar-refractivity contribution in [2.75, 3.05) is 20.2 Å². The van der Waals surface area contributed by atoms with E-state index in [2.05, 4.69) is 11.0 Å². The van der Waals surface area contributed by atoms with Crippen molar-refractivity contribution in [2.24, 2.45) is 0 Å². The van der Waals surface area contributed by atoms with Crippen molar-refractivity contribution in [3.05, 3.63) is 71.7 Å². The number of aromatic nitrogens is 1. The van der Waals surface area contributed by atoms with Gasteiger partial charge in [0.25, 0.3) is 0 Å². The van der Waals surface area contributed by atoms with E-state index < -0.39 is 5.60 Å². The second-order valence-corrected chi connectivity index (χ2v) is 7.18. The number of aliphatic hydroxyl groups is 1. The van der Waals surface area contributed by atoms with Crippen LogP contribution in [0, 0.1) is 5.82 Å². The summed E-state index contributed by atoms with van der Waals surface area (Å²) in [6.45, 7) is 2.30. The van der Waals surface area contributed by atoms with Gasteiger partial charge in [0.2, 0.25) is 0 Å². The zero-order chi connectivity index (χ0) is 18.9. The molecule has 2 heterocycles. The Kier molecular flexibility index (Phi) is 4.81. The van der Waals surface area contributed by atoms with E-state index >= 15 is 0 Å². The van der Waals surface area contributed by atoms with Gasteiger partial charge in [-0.25, -0.2) is 4.39 Å². The van der Waals surface area contributed by atoms with Crippen LogP contribution in [-0.4, -0.2) is 35.2 Å². The van der Waals surface area contributed by atoms with Crippen LogP contribution in [-0.2, 0) is 12.1 Å². The maximum atomic E-state index is 13.1. The maximum absolute atomic E-state index is 13.1. The second-order valence-electron chi connectivity index (χ2n) is 7.18. The Labute approximate surface area is 158 Å². The summed E-state index contributed by atoms with van der Waals surface area (Å²) in [7, 11) is 1.66. The first-order chi connectivity index (χ1) is 13.1. The van der Waals surface area contributed by atoms with Crippen molar-refractivity contribution >= 4 is 10.9 Å². The number of methoxy groups -OCH3 is 1. The third kappa shape index (κ3) is 3.80. The Morgan fingerprint density at radius 3 is 2.52 bits per heavy atom. The summed E-state index contributed by atoms with van der Waals surface area (Å²) in [5.41, 5.74) is 1.88. The number of benzene rings is 2. The number of halogens is 1. The number of ether oxygens (including phenoxy) is 1. The molecule has 27 heavy (non-hydrogen) atoms. The lowest BCUT2D eigenvalue weighted by Gasteiger charge is -2.38. The normalized spacial score (nSPS) is 17.1. The molecule has 2 aromatic carbocycles. The molecule has 1 saturated heterocycles. The minimum Gasteiger partial charge on any atom is -0.497 e. The van der Waals surface area contributed by atoms with Crippen molar-refractivity contribution in [1.29, 1.82) is 0 Å². The molecule has 0 saturated carbocycles. The summed E-state index contributed by atoms with van der Waals surface area (Å²) in [6, 6.07) is 16.2. The molecule has 1 N–H and O–H groups in total. The molecule has 4 rings (SSSR count). The largest absolute Gasteiger partial charge is 0.497 e. The molecule has 1 aromatic heterocycles. The molecule has 0 atom stereocenters. The smallest absolute Gasteiger partial charge is 0.123 e. The maximum Gasteiger partial charge on any atom is 0.123 e. The van der Waals surface area contributed by atoms with Gasteiger partial charge in [-0.05, 0) is 54.8 Å². The van der Waals surface area contributed by atoms with Crippen molar-refractivity contribution in [3.8, 4) is 5.75 Å². The summed E-state index contributed by atoms with van der Waals surface area (Å²) < 4.78 is 18.4. The van der Waals surface area contributed by atoms with Gasteiger partial charge in [-0.3, -0.25) is 9.88 Å². The number of fused-ring (bicyclic) bond motifs is 1. The Hall–Kier alpha value is -2.50. The molecule has 0 radical (unpaired) electrons. The van der Waals surface area contributed by atoms with Crippen molar-refractivity contribution < 1.29 is 14.2 Å². The molecule has 1 aliphatic heterocycles. The van der Waals surface area contributed by atoms with E-state index in [1.165, 1.54) is 12.1 Å². The van der Waals surface area contributed by atoms with E-state index in [1.54, 1.807) is 19.2 Å². The van der Waals surface area contributed by atoms with Gasteiger partial charge < -0.3 is 9.84 Å². The number of hydrogen-bond acceptors (Lipinski definition) is 4. The van der Waals surface area contributed by atoms with Gasteiger partial charge in [0.1, 0.15) is 11.6 Å². The highest BCUT2D eigenvalue weighted by Gasteiger charge is 2.33. The third-order valence-electron chi connectivity index (χ3n) is 5.40. The van der Waals surface area contributed by atoms with Crippen molar-refractivity contribution in [2.45, 2.75) is 25.0 Å². The quantitative estimate of drug-likeness (QED) is 0.761. The van der Waals surface area contributed by atoms with Gasteiger partial charge in [-0.15, -0.1) is 0 Å². The standard InChI is InChI=1S/C22H23FN2O2/c1-27-20-8-9-21-16(14-20)2-7-19(24-21)15-25-12-10-22(26,11-13-25)17-3-5-18(23)6-4-17/h2-9,14,26H,10-13,15H2,1H3. The minimum absolute atomic E-state index is 0.278. The first-order valence-electron chi connectivity index (χ1n) is 9.20. The van der Waals surface area contributed by atoms with Crippen LogP contribution in [0.1, 0.15) is 24.1 Å². The summed E-state index contributed by atoms with van der Waals surface area (Å²) in [5.74, 6) is 0.549. The highest BCUT2D eigenvalue weighted by Crippen LogP contribution is 2.33. The zero-order valence-electron chi connectivity index (χ0n) is 15.4. The molecular formula is C22H23FN2O2. The lowest BCUT2D eigenvalue weighted by atomic mass is 9.84. The average Bonchev–Trinajstić information content (AvgIpc) is 2.70. The lowest BCUT2D eigenvalue weighted by molar-refractivity contribution is -0.0280. The van der Waals surface area contributed by atoms with Gasteiger partial charge in [0.15, 0.2) is 0 Å². The summed E-state index contributed by atoms with van der Waals surface area (Å²) in [5, 5.41) is 12.0. The van der Waals surface area contributed by atoms with Gasteiger partial charge in [-0.2, -0.15) is 0 Å². The molecule has 140 valence electrons. The monoisotopic (exact) mass is 366 g/mol. The predicted molar refractivity (Wildman–Crippen MR) is 103 cm³/mol. The number of nitrogens with zero attached hydrogens (tertiary/aromatic N) is 2. The average molecular weight is 366 g/mol. The van der Waals surface area contributed by atoms with Crippen molar-refractivity contribution in [1.82, 2.24) is 9.88 Å². The molecule has 0 aliphatic carbocycles. The third-order valence-corrected chi connectivity index (χ3v) is 5.40. The highest BCUT2D eigenvalue weighted by molar-refractivity contribution is 5.80. The number of likely N-dealkylation sites (tertiary alicyclic amines) is 1. The molecule has 0 unspecified atom stereocenters. The first-order valence-corrected chi connectivity index (χ1v) is 9.20. The van der Waals surface area contributed by atoms with Crippen LogP contribution < -0.4 is 4.74 Å². The van der Waals surface area contributed by atoms with Gasteiger partial charge in [-0.1, -0.05) is 18.2 Å². The molecule has 1 fully saturated rings. The number of pyridine rings is 1. The van der Waals surface area contributed by atoms with Crippen LogP contribution in [0.25, 0.3) is 10.9 Å². The molecular weight excluding hydrogens is 343 g/mol. The zero-order valence-corrected chi connectivity index (χ0v) is 15.4. The second kappa shape index (κ2) is 7.25. The Balaban J connectivity index is 1.43. The van der Waals surface area contributed by atoms with Crippen molar-refractivity contribution in [3.63, 3.8) is 0 Å². The van der Waals surface area contributed by atoms with E-state index in [1.807, 2.05) is 24.3 Å². The van der Waals surface area contributed by atoms with Crippen LogP contribution in [0.2, 0.25) is 0 Å². The fraction of sp³-hybridized carbons (Fsp3) is 0.318. The fourth-order valence-electron chi connectivity index (χ4n) is 3.72. The summed E-state index contributed by atoms with van der Waals surface area (Å²) in [4.78, 5) is 7.05. The van der Waals surface area contributed by atoms with Crippen LogP contribution in [0.5, 0.6) is 5.75 Å². The van der Waals surface area contributed by atoms with E-state index in [0.717, 1.165) is 47.5 Å². The number of piperidine rings is 1. The molecule has 0 spiro atoms. The van der Waals surface area contributed by atoms with Gasteiger partial charge in [0.05, 0.1) is 23.9 Å². The highest BCUT2D eigenvalue weighted by atomic mass is 19.1. The van der Waals surface area contributed by atoms with Crippen LogP contribution in [0.15, 0.2) is 54.6 Å². The van der Waals surface area contributed by atoms with Crippen LogP contribution in [0.4, 0.5) is 4.39 Å². The molecule has 4 nitrogen and oxygen atoms in total. The summed E-state index contributed by atoms with van der Waals surface area (Å²) >= 11 is 0. The Morgan fingerprint density at radius 2 is 1.81 bits per heavy atom. The first kappa shape index (κ1) is 17.9. The van der Waals surface area contributed by atoms with Gasteiger partial charge >= 0.3 is 0 Å². The lowest BCUT2D eigenvalue weighted by Crippen LogP contribution is -2.42. The molecule has 5 heteroatoms. The minimum atomic E-state index is -0.877. The topological polar surface area (TPSA) is 45.6 Å². The molecule has 0 bridgehead atoms. The summed E-state index contributed by atoms with van der Waals surface area (Å²) in [6.07, 6.45) is 1.26. The fourth-order valence-corrected chi connectivity index (χ4v) is 3.72. The molecule has 3 aromatic rings. The van der Waals surface area contributed by atoms with E-state index in [0.29, 0.717) is 12.8 Å². The van der Waals surface area contributed by atoms with Gasteiger partial charge in [0, 0.05) is 25.0 Å². The predicted octanol–water partition coefficient (Wildman–Crippen LogP) is 3.87. The Morgan fingerprint density at radius 1 is 1.07 bits per heavy atom. The molecule has 1 aliphatic rings. The van der Waals surface area contributed by atoms with Crippen LogP contribution >= 0.6 is 0 Å². The van der Waals surface area contributed by atoms with E-state index in [4.69, 9.17) is 9.72 Å². The Bertz CT molecular complexity index is 935. The van der Waals surface area contributed by atoms with E-state index in [-0.39, 0.29) is 5.82 Å².